The smallest absolute Gasteiger partial charge is 0.254 e. The molecule has 4 rings (SSSR count). The molecule has 0 saturated heterocycles. The summed E-state index contributed by atoms with van der Waals surface area (Å²) in [5, 5.41) is 14.6. The predicted octanol–water partition coefficient (Wildman–Crippen LogP) is 4.95. The minimum atomic E-state index is -1.11. The SMILES string of the molecule is [C-]#[N+]c1cccc(C(=O)Nc2ccc(C3(C(=O)Nc4cc(C#N)ccc4N)CC(F)C3)cc2)c1. The van der Waals surface area contributed by atoms with Crippen LogP contribution in [-0.2, 0) is 10.2 Å². The molecule has 0 unspecified atom stereocenters. The second kappa shape index (κ2) is 9.05. The number of nitrogens with two attached hydrogens (primary N) is 1. The highest BCUT2D eigenvalue weighted by molar-refractivity contribution is 6.05. The van der Waals surface area contributed by atoms with Crippen molar-refractivity contribution in [1.82, 2.24) is 0 Å². The molecule has 8 heteroatoms. The zero-order valence-corrected chi connectivity index (χ0v) is 18.0. The number of carbonyl (C=O) groups is 2. The van der Waals surface area contributed by atoms with Gasteiger partial charge < -0.3 is 16.4 Å². The van der Waals surface area contributed by atoms with Crippen LogP contribution >= 0.6 is 0 Å². The van der Waals surface area contributed by atoms with Crippen LogP contribution in [0.15, 0.2) is 66.7 Å². The Morgan fingerprint density at radius 1 is 1.09 bits per heavy atom. The molecule has 1 aliphatic carbocycles. The first kappa shape index (κ1) is 22.5. The van der Waals surface area contributed by atoms with Crippen LogP contribution < -0.4 is 16.4 Å². The lowest BCUT2D eigenvalue weighted by Gasteiger charge is -2.43. The predicted molar refractivity (Wildman–Crippen MR) is 127 cm³/mol. The van der Waals surface area contributed by atoms with Gasteiger partial charge in [-0.15, -0.1) is 0 Å². The Kier molecular flexibility index (Phi) is 5.99. The van der Waals surface area contributed by atoms with Gasteiger partial charge >= 0.3 is 0 Å². The summed E-state index contributed by atoms with van der Waals surface area (Å²) in [5.41, 5.74) is 7.64. The Morgan fingerprint density at radius 2 is 1.82 bits per heavy atom. The van der Waals surface area contributed by atoms with Crippen LogP contribution in [0.3, 0.4) is 0 Å². The molecule has 0 spiro atoms. The van der Waals surface area contributed by atoms with E-state index in [1.807, 2.05) is 6.07 Å². The molecule has 1 aliphatic rings. The lowest BCUT2D eigenvalue weighted by atomic mass is 9.62. The van der Waals surface area contributed by atoms with E-state index in [0.29, 0.717) is 39.4 Å². The molecule has 7 nitrogen and oxygen atoms in total. The Morgan fingerprint density at radius 3 is 2.47 bits per heavy atom. The maximum Gasteiger partial charge on any atom is 0.254 e. The third kappa shape index (κ3) is 4.30. The standard InChI is InChI=1S/C26H20FN5O2/c1-30-21-4-2-3-17(12-21)24(33)31-20-8-6-18(7-9-20)26(13-19(27)14-26)25(34)32-23-11-16(15-28)5-10-22(23)29/h2-12,19H,13-14,29H2,(H,31,33)(H,32,34). The summed E-state index contributed by atoms with van der Waals surface area (Å²) >= 11 is 0. The van der Waals surface area contributed by atoms with Gasteiger partial charge in [-0.1, -0.05) is 30.3 Å². The number of hydrogen-bond donors (Lipinski definition) is 3. The number of benzene rings is 3. The minimum absolute atomic E-state index is 0.0196. The number of nitrogens with zero attached hydrogens (tertiary/aromatic N) is 2. The van der Waals surface area contributed by atoms with Crippen LogP contribution in [0.4, 0.5) is 27.1 Å². The number of halogens is 1. The molecule has 0 aromatic heterocycles. The number of nitrogens with one attached hydrogen (secondary N) is 2. The number of nitrogen functional groups attached to an aromatic ring is 1. The molecule has 0 heterocycles. The van der Waals surface area contributed by atoms with Crippen molar-refractivity contribution in [3.05, 3.63) is 94.8 Å². The normalized spacial score (nSPS) is 18.6. The van der Waals surface area contributed by atoms with Crippen LogP contribution in [0.1, 0.15) is 34.3 Å². The molecule has 0 bridgehead atoms. The lowest BCUT2D eigenvalue weighted by molar-refractivity contribution is -0.127. The Hall–Kier alpha value is -4.69. The second-order valence-electron chi connectivity index (χ2n) is 8.15. The largest absolute Gasteiger partial charge is 0.397 e. The van der Waals surface area contributed by atoms with E-state index in [-0.39, 0.29) is 18.7 Å². The number of alkyl halides is 1. The van der Waals surface area contributed by atoms with Crippen molar-refractivity contribution in [3.8, 4) is 6.07 Å². The average molecular weight is 453 g/mol. The summed E-state index contributed by atoms with van der Waals surface area (Å²) in [6, 6.07) is 19.6. The van der Waals surface area contributed by atoms with Gasteiger partial charge in [-0.2, -0.15) is 5.26 Å². The monoisotopic (exact) mass is 453 g/mol. The lowest BCUT2D eigenvalue weighted by Crippen LogP contribution is -2.51. The molecule has 3 aromatic carbocycles. The van der Waals surface area contributed by atoms with Crippen LogP contribution in [0, 0.1) is 17.9 Å². The summed E-state index contributed by atoms with van der Waals surface area (Å²) in [5.74, 6) is -0.776. The van der Waals surface area contributed by atoms with E-state index in [1.165, 1.54) is 18.2 Å². The third-order valence-corrected chi connectivity index (χ3v) is 5.94. The molecule has 0 aliphatic heterocycles. The summed E-state index contributed by atoms with van der Waals surface area (Å²) < 4.78 is 14.0. The highest BCUT2D eigenvalue weighted by Crippen LogP contribution is 2.47. The summed E-state index contributed by atoms with van der Waals surface area (Å²) in [7, 11) is 0. The van der Waals surface area contributed by atoms with Gasteiger partial charge in [-0.05, 0) is 54.8 Å². The second-order valence-corrected chi connectivity index (χ2v) is 8.15. The van der Waals surface area contributed by atoms with Gasteiger partial charge in [0.25, 0.3) is 5.91 Å². The molecule has 1 fully saturated rings. The van der Waals surface area contributed by atoms with Crippen molar-refractivity contribution >= 4 is 34.6 Å². The van der Waals surface area contributed by atoms with E-state index in [4.69, 9.17) is 17.6 Å². The van der Waals surface area contributed by atoms with Crippen LogP contribution in [0.25, 0.3) is 4.85 Å². The molecule has 1 saturated carbocycles. The van der Waals surface area contributed by atoms with E-state index in [0.717, 1.165) is 0 Å². The molecular weight excluding hydrogens is 433 g/mol. The maximum absolute atomic E-state index is 14.0. The fourth-order valence-corrected chi connectivity index (χ4v) is 4.02. The van der Waals surface area contributed by atoms with E-state index in [2.05, 4.69) is 15.5 Å². The van der Waals surface area contributed by atoms with Crippen molar-refractivity contribution in [2.24, 2.45) is 0 Å². The van der Waals surface area contributed by atoms with Crippen molar-refractivity contribution in [1.29, 1.82) is 5.26 Å². The topological polar surface area (TPSA) is 112 Å². The van der Waals surface area contributed by atoms with Crippen molar-refractivity contribution < 1.29 is 14.0 Å². The molecule has 4 N–H and O–H groups in total. The van der Waals surface area contributed by atoms with Crippen LogP contribution in [0.2, 0.25) is 0 Å². The Bertz CT molecular complexity index is 1350. The van der Waals surface area contributed by atoms with E-state index in [1.54, 1.807) is 48.5 Å². The van der Waals surface area contributed by atoms with Gasteiger partial charge in [-0.25, -0.2) is 9.24 Å². The molecule has 168 valence electrons. The molecule has 34 heavy (non-hydrogen) atoms. The highest BCUT2D eigenvalue weighted by Gasteiger charge is 2.52. The fraction of sp³-hybridized carbons (Fsp3) is 0.154. The van der Waals surface area contributed by atoms with Crippen molar-refractivity contribution in [3.63, 3.8) is 0 Å². The molecule has 3 aromatic rings. The Labute approximate surface area is 195 Å². The highest BCUT2D eigenvalue weighted by atomic mass is 19.1. The summed E-state index contributed by atoms with van der Waals surface area (Å²) in [6.07, 6.45) is -1.07. The van der Waals surface area contributed by atoms with E-state index >= 15 is 0 Å². The van der Waals surface area contributed by atoms with Gasteiger partial charge in [-0.3, -0.25) is 9.59 Å². The minimum Gasteiger partial charge on any atom is -0.397 e. The number of carbonyl (C=O) groups excluding carboxylic acids is 2. The zero-order valence-electron chi connectivity index (χ0n) is 18.0. The first-order chi connectivity index (χ1) is 16.3. The number of rotatable bonds is 5. The molecule has 2 amide bonds. The molecule has 0 radical (unpaired) electrons. The first-order valence-electron chi connectivity index (χ1n) is 10.5. The number of nitriles is 1. The quantitative estimate of drug-likeness (QED) is 0.375. The summed E-state index contributed by atoms with van der Waals surface area (Å²) in [4.78, 5) is 29.0. The van der Waals surface area contributed by atoms with Gasteiger partial charge in [0.05, 0.1) is 35.0 Å². The molecular formula is C26H20FN5O2. The third-order valence-electron chi connectivity index (χ3n) is 5.94. The molecule has 0 atom stereocenters. The maximum atomic E-state index is 14.0. The van der Waals surface area contributed by atoms with Crippen LogP contribution in [-0.4, -0.2) is 18.0 Å². The first-order valence-corrected chi connectivity index (χ1v) is 10.5. The number of amides is 2. The summed E-state index contributed by atoms with van der Waals surface area (Å²) in [6.45, 7) is 7.07. The van der Waals surface area contributed by atoms with Gasteiger partial charge in [0, 0.05) is 11.3 Å². The van der Waals surface area contributed by atoms with Crippen LogP contribution in [0.5, 0.6) is 0 Å². The van der Waals surface area contributed by atoms with Gasteiger partial charge in [0.1, 0.15) is 6.17 Å². The van der Waals surface area contributed by atoms with E-state index < -0.39 is 17.5 Å². The number of hydrogen-bond acceptors (Lipinski definition) is 4. The van der Waals surface area contributed by atoms with Gasteiger partial charge in [0.2, 0.25) is 5.91 Å². The van der Waals surface area contributed by atoms with Crippen molar-refractivity contribution in [2.75, 3.05) is 16.4 Å². The fourth-order valence-electron chi connectivity index (χ4n) is 4.02. The average Bonchev–Trinajstić information content (AvgIpc) is 2.83. The van der Waals surface area contributed by atoms with E-state index in [9.17, 15) is 14.0 Å². The zero-order chi connectivity index (χ0) is 24.3. The van der Waals surface area contributed by atoms with Gasteiger partial charge in [0.15, 0.2) is 5.69 Å². The Balaban J connectivity index is 1.53. The van der Waals surface area contributed by atoms with Crippen molar-refractivity contribution in [2.45, 2.75) is 24.4 Å². The number of anilines is 3.